The molecule has 90 valence electrons. The van der Waals surface area contributed by atoms with Crippen LogP contribution < -0.4 is 0 Å². The number of nitrogens with one attached hydrogen (secondary N) is 1. The standard InChI is InChI=1S/C13H22N2O/c1-6-7-10-14-11(8(2)3)12(15-10)13(16)9(4)5/h8-9H,6-7H2,1-5H3,(H,14,15). The lowest BCUT2D eigenvalue weighted by Gasteiger charge is -2.06. The Morgan fingerprint density at radius 3 is 2.38 bits per heavy atom. The van der Waals surface area contributed by atoms with E-state index in [4.69, 9.17) is 0 Å². The van der Waals surface area contributed by atoms with Gasteiger partial charge in [0, 0.05) is 18.0 Å². The van der Waals surface area contributed by atoms with Crippen molar-refractivity contribution in [1.82, 2.24) is 9.97 Å². The lowest BCUT2D eigenvalue weighted by atomic mass is 10.0. The van der Waals surface area contributed by atoms with Crippen LogP contribution in [0.2, 0.25) is 0 Å². The number of carbonyl (C=O) groups is 1. The van der Waals surface area contributed by atoms with E-state index in [1.807, 2.05) is 13.8 Å². The van der Waals surface area contributed by atoms with Crippen LogP contribution in [-0.4, -0.2) is 15.8 Å². The number of nitrogens with zero attached hydrogens (tertiary/aromatic N) is 1. The van der Waals surface area contributed by atoms with E-state index in [-0.39, 0.29) is 11.7 Å². The molecule has 0 saturated heterocycles. The van der Waals surface area contributed by atoms with Crippen molar-refractivity contribution in [1.29, 1.82) is 0 Å². The average Bonchev–Trinajstić information content (AvgIpc) is 2.61. The van der Waals surface area contributed by atoms with Crippen molar-refractivity contribution in [3.8, 4) is 0 Å². The van der Waals surface area contributed by atoms with Gasteiger partial charge in [-0.25, -0.2) is 4.98 Å². The largest absolute Gasteiger partial charge is 0.345 e. The molecule has 1 heterocycles. The Bertz CT molecular complexity index is 364. The molecule has 0 saturated carbocycles. The molecule has 0 aliphatic heterocycles. The van der Waals surface area contributed by atoms with Gasteiger partial charge in [0.1, 0.15) is 11.5 Å². The molecule has 0 radical (unpaired) electrons. The van der Waals surface area contributed by atoms with Gasteiger partial charge >= 0.3 is 0 Å². The van der Waals surface area contributed by atoms with E-state index < -0.39 is 0 Å². The van der Waals surface area contributed by atoms with Crippen molar-refractivity contribution in [2.75, 3.05) is 0 Å². The van der Waals surface area contributed by atoms with E-state index in [1.54, 1.807) is 0 Å². The van der Waals surface area contributed by atoms with Crippen LogP contribution in [0.4, 0.5) is 0 Å². The van der Waals surface area contributed by atoms with Crippen molar-refractivity contribution in [2.45, 2.75) is 53.4 Å². The third-order valence-corrected chi connectivity index (χ3v) is 2.60. The number of hydrogen-bond donors (Lipinski definition) is 1. The third kappa shape index (κ3) is 2.71. The van der Waals surface area contributed by atoms with Crippen LogP contribution in [0.15, 0.2) is 0 Å². The Kier molecular flexibility index (Phi) is 4.27. The fourth-order valence-corrected chi connectivity index (χ4v) is 1.67. The van der Waals surface area contributed by atoms with Crippen LogP contribution in [0.5, 0.6) is 0 Å². The first kappa shape index (κ1) is 12.9. The van der Waals surface area contributed by atoms with Crippen LogP contribution in [0.25, 0.3) is 0 Å². The number of aromatic nitrogens is 2. The quantitative estimate of drug-likeness (QED) is 0.777. The molecule has 3 nitrogen and oxygen atoms in total. The van der Waals surface area contributed by atoms with E-state index >= 15 is 0 Å². The topological polar surface area (TPSA) is 45.8 Å². The summed E-state index contributed by atoms with van der Waals surface area (Å²) in [6, 6.07) is 0. The van der Waals surface area contributed by atoms with Crippen molar-refractivity contribution in [2.24, 2.45) is 5.92 Å². The van der Waals surface area contributed by atoms with Crippen LogP contribution in [0, 0.1) is 5.92 Å². The number of carbonyl (C=O) groups excluding carboxylic acids is 1. The summed E-state index contributed by atoms with van der Waals surface area (Å²) in [5, 5.41) is 0. The molecule has 0 aliphatic carbocycles. The van der Waals surface area contributed by atoms with Gasteiger partial charge in [-0.15, -0.1) is 0 Å². The number of H-pyrrole nitrogens is 1. The lowest BCUT2D eigenvalue weighted by Crippen LogP contribution is -2.11. The summed E-state index contributed by atoms with van der Waals surface area (Å²) in [6.45, 7) is 10.1. The molecule has 0 aliphatic rings. The highest BCUT2D eigenvalue weighted by Gasteiger charge is 2.21. The summed E-state index contributed by atoms with van der Waals surface area (Å²) in [5.74, 6) is 1.41. The molecule has 0 spiro atoms. The fraction of sp³-hybridized carbons (Fsp3) is 0.692. The van der Waals surface area contributed by atoms with E-state index in [1.165, 1.54) is 0 Å². The molecule has 0 amide bonds. The number of imidazole rings is 1. The van der Waals surface area contributed by atoms with Gasteiger partial charge in [-0.2, -0.15) is 0 Å². The average molecular weight is 222 g/mol. The number of aryl methyl sites for hydroxylation is 1. The normalized spacial score (nSPS) is 11.4. The molecule has 0 unspecified atom stereocenters. The van der Waals surface area contributed by atoms with E-state index in [0.717, 1.165) is 24.4 Å². The molecule has 16 heavy (non-hydrogen) atoms. The molecule has 0 bridgehead atoms. The third-order valence-electron chi connectivity index (χ3n) is 2.60. The van der Waals surface area contributed by atoms with Gasteiger partial charge < -0.3 is 4.98 Å². The second-order valence-electron chi connectivity index (χ2n) is 4.87. The Hall–Kier alpha value is -1.12. The lowest BCUT2D eigenvalue weighted by molar-refractivity contribution is 0.0933. The number of ketones is 1. The number of hydrogen-bond acceptors (Lipinski definition) is 2. The molecule has 1 aromatic heterocycles. The monoisotopic (exact) mass is 222 g/mol. The summed E-state index contributed by atoms with van der Waals surface area (Å²) in [7, 11) is 0. The number of rotatable bonds is 5. The summed E-state index contributed by atoms with van der Waals surface area (Å²) < 4.78 is 0. The van der Waals surface area contributed by atoms with Gasteiger partial charge in [-0.05, 0) is 12.3 Å². The minimum atomic E-state index is 0.00952. The highest BCUT2D eigenvalue weighted by atomic mass is 16.1. The summed E-state index contributed by atoms with van der Waals surface area (Å²) in [4.78, 5) is 19.7. The summed E-state index contributed by atoms with van der Waals surface area (Å²) >= 11 is 0. The van der Waals surface area contributed by atoms with Crippen LogP contribution >= 0.6 is 0 Å². The Balaban J connectivity index is 3.09. The van der Waals surface area contributed by atoms with Gasteiger partial charge in [0.2, 0.25) is 0 Å². The molecule has 0 fully saturated rings. The first-order valence-corrected chi connectivity index (χ1v) is 6.10. The summed E-state index contributed by atoms with van der Waals surface area (Å²) in [5.41, 5.74) is 1.63. The summed E-state index contributed by atoms with van der Waals surface area (Å²) in [6.07, 6.45) is 1.95. The molecular weight excluding hydrogens is 200 g/mol. The van der Waals surface area contributed by atoms with Crippen molar-refractivity contribution in [3.63, 3.8) is 0 Å². The maximum absolute atomic E-state index is 12.0. The van der Waals surface area contributed by atoms with Gasteiger partial charge in [-0.3, -0.25) is 4.79 Å². The van der Waals surface area contributed by atoms with Crippen LogP contribution in [-0.2, 0) is 6.42 Å². The predicted molar refractivity (Wildman–Crippen MR) is 65.8 cm³/mol. The molecule has 1 rings (SSSR count). The Labute approximate surface area is 97.7 Å². The zero-order chi connectivity index (χ0) is 12.3. The van der Waals surface area contributed by atoms with E-state index in [0.29, 0.717) is 11.6 Å². The zero-order valence-corrected chi connectivity index (χ0v) is 10.9. The molecule has 0 aromatic carbocycles. The molecule has 3 heteroatoms. The van der Waals surface area contributed by atoms with Crippen LogP contribution in [0.1, 0.15) is 69.0 Å². The number of aromatic amines is 1. The maximum atomic E-state index is 12.0. The minimum Gasteiger partial charge on any atom is -0.345 e. The molecule has 0 atom stereocenters. The van der Waals surface area contributed by atoms with Crippen molar-refractivity contribution < 1.29 is 4.79 Å². The number of Topliss-reactive ketones (excluding diaryl/α,β-unsaturated/α-hetero) is 1. The van der Waals surface area contributed by atoms with Crippen LogP contribution in [0.3, 0.4) is 0 Å². The maximum Gasteiger partial charge on any atom is 0.185 e. The van der Waals surface area contributed by atoms with Crippen molar-refractivity contribution >= 4 is 5.78 Å². The minimum absolute atomic E-state index is 0.00952. The van der Waals surface area contributed by atoms with Gasteiger partial charge in [0.05, 0.1) is 0 Å². The van der Waals surface area contributed by atoms with Gasteiger partial charge in [0.25, 0.3) is 0 Å². The van der Waals surface area contributed by atoms with Crippen molar-refractivity contribution in [3.05, 3.63) is 17.2 Å². The fourth-order valence-electron chi connectivity index (χ4n) is 1.67. The predicted octanol–water partition coefficient (Wildman–Crippen LogP) is 3.32. The van der Waals surface area contributed by atoms with Gasteiger partial charge in [0.15, 0.2) is 5.78 Å². The molecular formula is C13H22N2O. The first-order valence-electron chi connectivity index (χ1n) is 6.10. The highest BCUT2D eigenvalue weighted by Crippen LogP contribution is 2.20. The molecule has 1 aromatic rings. The SMILES string of the molecule is CCCc1nc(C(=O)C(C)C)c(C(C)C)[nH]1. The second kappa shape index (κ2) is 5.28. The smallest absolute Gasteiger partial charge is 0.185 e. The zero-order valence-electron chi connectivity index (χ0n) is 10.9. The van der Waals surface area contributed by atoms with Gasteiger partial charge in [-0.1, -0.05) is 34.6 Å². The Morgan fingerprint density at radius 2 is 1.94 bits per heavy atom. The first-order chi connectivity index (χ1) is 7.47. The second-order valence-corrected chi connectivity index (χ2v) is 4.87. The van der Waals surface area contributed by atoms with E-state index in [9.17, 15) is 4.79 Å². The Morgan fingerprint density at radius 1 is 1.31 bits per heavy atom. The highest BCUT2D eigenvalue weighted by molar-refractivity contribution is 5.96. The molecule has 1 N–H and O–H groups in total. The van der Waals surface area contributed by atoms with E-state index in [2.05, 4.69) is 30.7 Å².